The third-order valence-electron chi connectivity index (χ3n) is 7.85. The average molecular weight is 913 g/mol. The Morgan fingerprint density at radius 3 is 1.70 bits per heavy atom. The number of carbonyl (C=O) groups is 2. The van der Waals surface area contributed by atoms with Crippen LogP contribution in [0.3, 0.4) is 0 Å². The van der Waals surface area contributed by atoms with Gasteiger partial charge in [-0.3, -0.25) is 20.4 Å². The van der Waals surface area contributed by atoms with Crippen LogP contribution in [0.4, 0.5) is 34.1 Å². The molecule has 0 fully saturated rings. The number of hydrazone groups is 2. The molecule has 2 aliphatic carbocycles. The third kappa shape index (κ3) is 12.5. The van der Waals surface area contributed by atoms with Gasteiger partial charge in [0.1, 0.15) is 53.2 Å². The Balaban J connectivity index is 0.00000331. The number of ketones is 2. The second-order valence-corrected chi connectivity index (χ2v) is 15.9. The van der Waals surface area contributed by atoms with E-state index in [0.717, 1.165) is 18.2 Å². The molecule has 296 valence electrons. The van der Waals surface area contributed by atoms with Crippen LogP contribution in [-0.4, -0.2) is 61.9 Å². The Kier molecular flexibility index (Phi) is 17.5. The molecule has 0 atom stereocenters. The predicted molar refractivity (Wildman–Crippen MR) is 204 cm³/mol. The Bertz CT molecular complexity index is 2960. The third-order valence-corrected chi connectivity index (χ3v) is 10.4. The standard InChI is InChI=1S/C34H26N10O11S3.3Na/c35-24-16-27(45)26(17-25(24)41-37-22-10-12-23(13-11-22)56(47,48)49)42-38-20-6-8-21(9-7-20)40-43-32-28(57(50,51)52)14-18-15-29(58(53,54)55)33(34(46)30(18)31(32)36)44-39-19-4-2-1-3-5-19;;;/h1-17,37,39H,35-36H2,(H,47,48,49)(H,50,51,52)(H,53,54,55);;;/q;3*+1/p-3/b41-25-,42-38?,43-40?,44-33-;;;. The second kappa shape index (κ2) is 20.9. The van der Waals surface area contributed by atoms with Crippen molar-refractivity contribution in [2.75, 3.05) is 16.6 Å². The summed E-state index contributed by atoms with van der Waals surface area (Å²) in [6.07, 6.45) is 2.96. The summed E-state index contributed by atoms with van der Waals surface area (Å²) in [5, 5.41) is 23.6. The van der Waals surface area contributed by atoms with Crippen molar-refractivity contribution in [2.45, 2.75) is 9.79 Å². The maximum atomic E-state index is 13.6. The van der Waals surface area contributed by atoms with Gasteiger partial charge in [0.25, 0.3) is 0 Å². The number of nitrogen functional groups attached to an aromatic ring is 1. The van der Waals surface area contributed by atoms with E-state index in [9.17, 15) is 48.5 Å². The van der Waals surface area contributed by atoms with Crippen molar-refractivity contribution in [1.29, 1.82) is 0 Å². The minimum atomic E-state index is -5.39. The van der Waals surface area contributed by atoms with E-state index in [1.807, 2.05) is 0 Å². The first-order chi connectivity index (χ1) is 27.3. The van der Waals surface area contributed by atoms with Crippen LogP contribution >= 0.6 is 0 Å². The van der Waals surface area contributed by atoms with Gasteiger partial charge in [0.05, 0.1) is 54.4 Å². The molecule has 6 rings (SSSR count). The summed E-state index contributed by atoms with van der Waals surface area (Å²) < 4.78 is 107. The zero-order valence-electron chi connectivity index (χ0n) is 31.9. The summed E-state index contributed by atoms with van der Waals surface area (Å²) in [6, 6.07) is 18.8. The fourth-order valence-electron chi connectivity index (χ4n) is 5.09. The molecule has 0 radical (unpaired) electrons. The van der Waals surface area contributed by atoms with Crippen LogP contribution in [0, 0.1) is 0 Å². The van der Waals surface area contributed by atoms with Gasteiger partial charge in [0.2, 0.25) is 11.6 Å². The van der Waals surface area contributed by atoms with Crippen molar-refractivity contribution in [3.63, 3.8) is 0 Å². The van der Waals surface area contributed by atoms with Gasteiger partial charge >= 0.3 is 88.7 Å². The molecule has 0 aromatic heterocycles. The molecular formula is C34H23N10Na3O11S3. The van der Waals surface area contributed by atoms with Gasteiger partial charge in [-0.05, 0) is 84.4 Å². The first-order valence-corrected chi connectivity index (χ1v) is 20.1. The van der Waals surface area contributed by atoms with Crippen LogP contribution in [-0.2, 0) is 35.1 Å². The molecule has 0 bridgehead atoms. The minimum absolute atomic E-state index is 0. The number of carbonyl (C=O) groups excluding carboxylic acids is 2. The van der Waals surface area contributed by atoms with E-state index in [4.69, 9.17) is 11.5 Å². The van der Waals surface area contributed by atoms with Gasteiger partial charge < -0.3 is 25.1 Å². The van der Waals surface area contributed by atoms with Crippen LogP contribution in [0.5, 0.6) is 0 Å². The van der Waals surface area contributed by atoms with Gasteiger partial charge in [0.15, 0.2) is 0 Å². The van der Waals surface area contributed by atoms with Gasteiger partial charge in [-0.1, -0.05) is 18.2 Å². The number of nitrogens with zero attached hydrogens (tertiary/aromatic N) is 6. The molecule has 4 aromatic rings. The number of benzene rings is 4. The Morgan fingerprint density at radius 2 is 1.15 bits per heavy atom. The summed E-state index contributed by atoms with van der Waals surface area (Å²) in [5.74, 6) is -1.80. The second-order valence-electron chi connectivity index (χ2n) is 11.8. The van der Waals surface area contributed by atoms with Crippen molar-refractivity contribution in [3.8, 4) is 0 Å². The SMILES string of the molecule is NC1=CC(=O)C(N=Nc2ccc(N=Nc3c(S(=O)(=O)[O-])cc4c(c3N)C(=O)/C(=N\Nc3ccccc3)C(S(=O)(=O)[O-])=C4)cc2)=C/C1=N/Nc1ccc(S(=O)(=O)[O-])cc1.[Na+].[Na+].[Na+]. The molecule has 0 aliphatic heterocycles. The number of Topliss-reactive ketones (excluding diaryl/α,β-unsaturated/α-hetero) is 1. The maximum Gasteiger partial charge on any atom is 1.00 e. The fourth-order valence-corrected chi connectivity index (χ4v) is 6.87. The van der Waals surface area contributed by atoms with Crippen LogP contribution in [0.2, 0.25) is 0 Å². The predicted octanol–water partition coefficient (Wildman–Crippen LogP) is -5.08. The normalized spacial score (nSPS) is 15.6. The summed E-state index contributed by atoms with van der Waals surface area (Å²) in [6.45, 7) is 0. The summed E-state index contributed by atoms with van der Waals surface area (Å²) in [7, 11) is -15.4. The zero-order chi connectivity index (χ0) is 42.0. The fraction of sp³-hybridized carbons (Fsp3) is 0. The summed E-state index contributed by atoms with van der Waals surface area (Å²) in [4.78, 5) is 23.5. The number of nitrogens with one attached hydrogen (secondary N) is 2. The minimum Gasteiger partial charge on any atom is -0.744 e. The largest absolute Gasteiger partial charge is 1.00 e. The van der Waals surface area contributed by atoms with Crippen LogP contribution in [0.15, 0.2) is 154 Å². The van der Waals surface area contributed by atoms with E-state index in [2.05, 4.69) is 41.5 Å². The number of para-hydroxylation sites is 1. The van der Waals surface area contributed by atoms with Gasteiger partial charge in [-0.15, -0.1) is 10.2 Å². The molecular weight excluding hydrogens is 890 g/mol. The average Bonchev–Trinajstić information content (AvgIpc) is 3.16. The van der Waals surface area contributed by atoms with E-state index in [-0.39, 0.29) is 117 Å². The van der Waals surface area contributed by atoms with Crippen molar-refractivity contribution in [1.82, 2.24) is 0 Å². The van der Waals surface area contributed by atoms with E-state index in [1.165, 1.54) is 54.6 Å². The molecule has 61 heavy (non-hydrogen) atoms. The molecule has 0 saturated carbocycles. The van der Waals surface area contributed by atoms with Gasteiger partial charge in [-0.25, -0.2) is 25.3 Å². The smallest absolute Gasteiger partial charge is 0.744 e. The van der Waals surface area contributed by atoms with Crippen molar-refractivity contribution >= 4 is 93.5 Å². The number of allylic oxidation sites excluding steroid dienone is 3. The molecule has 27 heteroatoms. The first-order valence-electron chi connectivity index (χ1n) is 15.9. The number of azo groups is 2. The topological polar surface area (TPSA) is 356 Å². The molecule has 4 aromatic carbocycles. The number of hydrogen-bond donors (Lipinski definition) is 4. The van der Waals surface area contributed by atoms with Crippen LogP contribution < -0.4 is 111 Å². The number of hydrogen-bond acceptors (Lipinski definition) is 21. The molecule has 0 heterocycles. The molecule has 0 unspecified atom stereocenters. The summed E-state index contributed by atoms with van der Waals surface area (Å²) >= 11 is 0. The molecule has 2 aliphatic rings. The van der Waals surface area contributed by atoms with E-state index in [1.54, 1.807) is 18.2 Å². The monoisotopic (exact) mass is 912 g/mol. The first kappa shape index (κ1) is 51.3. The molecule has 0 saturated heterocycles. The van der Waals surface area contributed by atoms with Gasteiger partial charge in [-0.2, -0.15) is 20.4 Å². The van der Waals surface area contributed by atoms with Crippen LogP contribution in [0.25, 0.3) is 6.08 Å². The van der Waals surface area contributed by atoms with Crippen LogP contribution in [0.1, 0.15) is 15.9 Å². The maximum absolute atomic E-state index is 13.6. The molecule has 6 N–H and O–H groups in total. The molecule has 0 spiro atoms. The Hall–Kier alpha value is -4.09. The number of rotatable bonds is 11. The Labute approximate surface area is 413 Å². The van der Waals surface area contributed by atoms with Gasteiger partial charge in [0, 0.05) is 6.08 Å². The van der Waals surface area contributed by atoms with Crippen molar-refractivity contribution < 1.29 is 137 Å². The van der Waals surface area contributed by atoms with E-state index < -0.39 is 84.8 Å². The Morgan fingerprint density at radius 1 is 0.590 bits per heavy atom. The number of fused-ring (bicyclic) bond motifs is 1. The quantitative estimate of drug-likeness (QED) is 0.0273. The number of anilines is 3. The number of nitrogens with two attached hydrogens (primary N) is 2. The molecule has 21 nitrogen and oxygen atoms in total. The van der Waals surface area contributed by atoms with E-state index in [0.29, 0.717) is 23.5 Å². The van der Waals surface area contributed by atoms with Crippen molar-refractivity contribution in [3.05, 3.63) is 125 Å². The van der Waals surface area contributed by atoms with Crippen molar-refractivity contribution in [2.24, 2.45) is 36.4 Å². The van der Waals surface area contributed by atoms with E-state index >= 15 is 0 Å². The zero-order valence-corrected chi connectivity index (χ0v) is 40.3. The molecule has 0 amide bonds. The summed E-state index contributed by atoms with van der Waals surface area (Å²) in [5.41, 5.74) is 14.7.